The molecule has 0 aliphatic carbocycles. The summed E-state index contributed by atoms with van der Waals surface area (Å²) in [4.78, 5) is 34.0. The lowest BCUT2D eigenvalue weighted by atomic mass is 10.1. The Morgan fingerprint density at radius 1 is 1.40 bits per heavy atom. The molecule has 0 radical (unpaired) electrons. The molecule has 0 bridgehead atoms. The Balaban J connectivity index is 2.99. The molecule has 0 aromatic carbocycles. The van der Waals surface area contributed by atoms with Crippen LogP contribution in [0, 0.1) is 0 Å². The highest BCUT2D eigenvalue weighted by Crippen LogP contribution is 2.38. The highest BCUT2D eigenvalue weighted by molar-refractivity contribution is 6.74. The van der Waals surface area contributed by atoms with Crippen LogP contribution < -0.4 is 5.32 Å². The van der Waals surface area contributed by atoms with Crippen molar-refractivity contribution in [3.63, 3.8) is 0 Å². The summed E-state index contributed by atoms with van der Waals surface area (Å²) in [6.07, 6.45) is -1.17. The summed E-state index contributed by atoms with van der Waals surface area (Å²) in [5.74, 6) is -0.983. The van der Waals surface area contributed by atoms with Crippen LogP contribution in [-0.2, 0) is 23.5 Å². The summed E-state index contributed by atoms with van der Waals surface area (Å²) in [6.45, 7) is 11.5. The first-order valence-corrected chi connectivity index (χ1v) is 9.51. The first-order chi connectivity index (χ1) is 8.99. The van der Waals surface area contributed by atoms with Crippen molar-refractivity contribution in [2.24, 2.45) is 0 Å². The first-order valence-electron chi connectivity index (χ1n) is 6.60. The van der Waals surface area contributed by atoms with Crippen LogP contribution in [0.4, 0.5) is 0 Å². The molecular formula is C13H23NO5Si. The summed E-state index contributed by atoms with van der Waals surface area (Å²) in [5, 5.41) is 2.43. The molecule has 1 rings (SSSR count). The van der Waals surface area contributed by atoms with Gasteiger partial charge in [0.15, 0.2) is 26.7 Å². The normalized spacial score (nSPS) is 27.1. The van der Waals surface area contributed by atoms with Gasteiger partial charge in [-0.25, -0.2) is 4.79 Å². The molecule has 1 N–H and O–H groups in total. The van der Waals surface area contributed by atoms with Gasteiger partial charge in [0.2, 0.25) is 5.91 Å². The second-order valence-corrected chi connectivity index (χ2v) is 11.3. The van der Waals surface area contributed by atoms with E-state index in [1.54, 1.807) is 0 Å². The molecule has 1 saturated heterocycles. The highest BCUT2D eigenvalue weighted by Gasteiger charge is 2.50. The molecule has 3 atom stereocenters. The van der Waals surface area contributed by atoms with Crippen LogP contribution >= 0.6 is 0 Å². The number of ether oxygens (including phenoxy) is 1. The summed E-state index contributed by atoms with van der Waals surface area (Å²) in [5.41, 5.74) is 0. The number of carbonyl (C=O) groups excluding carboxylic acids is 3. The summed E-state index contributed by atoms with van der Waals surface area (Å²) in [6, 6.07) is -0.920. The summed E-state index contributed by atoms with van der Waals surface area (Å²) >= 11 is 0. The van der Waals surface area contributed by atoms with Gasteiger partial charge in [0.05, 0.1) is 0 Å². The number of cyclic esters (lactones) is 1. The fraction of sp³-hybridized carbons (Fsp3) is 0.769. The zero-order chi connectivity index (χ0) is 15.7. The molecule has 0 spiro atoms. The smallest absolute Gasteiger partial charge is 0.332 e. The second-order valence-electron chi connectivity index (χ2n) is 6.56. The Bertz CT molecular complexity index is 415. The Morgan fingerprint density at radius 2 is 1.95 bits per heavy atom. The minimum absolute atomic E-state index is 0.0765. The van der Waals surface area contributed by atoms with Crippen molar-refractivity contribution in [1.82, 2.24) is 5.32 Å². The molecular weight excluding hydrogens is 278 g/mol. The maximum Gasteiger partial charge on any atom is 0.332 e. The number of amides is 1. The second kappa shape index (κ2) is 5.65. The van der Waals surface area contributed by atoms with Gasteiger partial charge >= 0.3 is 5.97 Å². The quantitative estimate of drug-likeness (QED) is 0.476. The Kier molecular flexibility index (Phi) is 4.76. The van der Waals surface area contributed by atoms with E-state index in [1.165, 1.54) is 6.92 Å². The largest absolute Gasteiger partial charge is 0.450 e. The van der Waals surface area contributed by atoms with Crippen LogP contribution in [0.1, 0.15) is 27.7 Å². The van der Waals surface area contributed by atoms with E-state index in [0.29, 0.717) is 6.29 Å². The van der Waals surface area contributed by atoms with Gasteiger partial charge in [0.1, 0.15) is 6.10 Å². The first kappa shape index (κ1) is 16.8. The van der Waals surface area contributed by atoms with Gasteiger partial charge < -0.3 is 14.5 Å². The van der Waals surface area contributed by atoms with E-state index in [4.69, 9.17) is 9.16 Å². The number of rotatable bonds is 4. The summed E-state index contributed by atoms with van der Waals surface area (Å²) in [7, 11) is -2.19. The monoisotopic (exact) mass is 301 g/mol. The summed E-state index contributed by atoms with van der Waals surface area (Å²) < 4.78 is 11.1. The number of aldehydes is 1. The van der Waals surface area contributed by atoms with Crippen molar-refractivity contribution in [3.05, 3.63) is 0 Å². The molecule has 1 heterocycles. The molecule has 7 heteroatoms. The Hall–Kier alpha value is -1.21. The van der Waals surface area contributed by atoms with Crippen molar-refractivity contribution in [1.29, 1.82) is 0 Å². The molecule has 0 aromatic heterocycles. The van der Waals surface area contributed by atoms with Gasteiger partial charge in [-0.3, -0.25) is 9.59 Å². The highest BCUT2D eigenvalue weighted by atomic mass is 28.4. The predicted molar refractivity (Wildman–Crippen MR) is 75.6 cm³/mol. The zero-order valence-electron chi connectivity index (χ0n) is 12.9. The van der Waals surface area contributed by atoms with E-state index in [-0.39, 0.29) is 10.9 Å². The number of hydrogen-bond donors (Lipinski definition) is 1. The van der Waals surface area contributed by atoms with Crippen LogP contribution in [0.15, 0.2) is 0 Å². The predicted octanol–water partition coefficient (Wildman–Crippen LogP) is 1.01. The lowest BCUT2D eigenvalue weighted by molar-refractivity contribution is -0.146. The Labute approximate surface area is 120 Å². The SMILES string of the molecule is CC(=O)N[C@H]1C(=O)O[C@H](C=O)[C@@H]1O[Si](C)(C)C(C)(C)C. The van der Waals surface area contributed by atoms with Crippen molar-refractivity contribution in [3.8, 4) is 0 Å². The van der Waals surface area contributed by atoms with Crippen molar-refractivity contribution in [2.75, 3.05) is 0 Å². The average Bonchev–Trinajstić information content (AvgIpc) is 2.54. The average molecular weight is 301 g/mol. The minimum atomic E-state index is -2.19. The third kappa shape index (κ3) is 3.46. The van der Waals surface area contributed by atoms with Crippen LogP contribution in [-0.4, -0.2) is 44.7 Å². The zero-order valence-corrected chi connectivity index (χ0v) is 13.9. The lowest BCUT2D eigenvalue weighted by Gasteiger charge is -2.39. The maximum absolute atomic E-state index is 11.8. The molecule has 1 aliphatic heterocycles. The molecule has 20 heavy (non-hydrogen) atoms. The van der Waals surface area contributed by atoms with E-state index in [9.17, 15) is 14.4 Å². The van der Waals surface area contributed by atoms with E-state index in [2.05, 4.69) is 26.1 Å². The van der Waals surface area contributed by atoms with E-state index in [0.717, 1.165) is 0 Å². The molecule has 0 saturated carbocycles. The molecule has 6 nitrogen and oxygen atoms in total. The fourth-order valence-electron chi connectivity index (χ4n) is 1.72. The van der Waals surface area contributed by atoms with Gasteiger partial charge in [0, 0.05) is 6.92 Å². The fourth-order valence-corrected chi connectivity index (χ4v) is 3.02. The molecule has 1 fully saturated rings. The standard InChI is InChI=1S/C13H23NO5Si/c1-8(16)14-10-11(9(7-15)18-12(10)17)19-20(5,6)13(2,3)4/h7,9-11H,1-6H3,(H,14,16)/t9-,10-,11+/m1/s1. The van der Waals surface area contributed by atoms with Crippen LogP contribution in [0.2, 0.25) is 18.1 Å². The third-order valence-electron chi connectivity index (χ3n) is 3.89. The van der Waals surface area contributed by atoms with E-state index >= 15 is 0 Å². The van der Waals surface area contributed by atoms with Crippen molar-refractivity contribution < 1.29 is 23.5 Å². The third-order valence-corrected chi connectivity index (χ3v) is 8.36. The van der Waals surface area contributed by atoms with Crippen molar-refractivity contribution >= 4 is 26.5 Å². The van der Waals surface area contributed by atoms with Crippen molar-refractivity contribution in [2.45, 2.75) is 64.1 Å². The molecule has 114 valence electrons. The van der Waals surface area contributed by atoms with Crippen LogP contribution in [0.25, 0.3) is 0 Å². The van der Waals surface area contributed by atoms with Gasteiger partial charge in [0.25, 0.3) is 0 Å². The van der Waals surface area contributed by atoms with Gasteiger partial charge in [-0.1, -0.05) is 20.8 Å². The molecule has 0 aromatic rings. The number of carbonyl (C=O) groups is 3. The van der Waals surface area contributed by atoms with E-state index < -0.39 is 32.5 Å². The van der Waals surface area contributed by atoms with Gasteiger partial charge in [-0.15, -0.1) is 0 Å². The molecule has 0 unspecified atom stereocenters. The number of nitrogens with one attached hydrogen (secondary N) is 1. The Morgan fingerprint density at radius 3 is 2.35 bits per heavy atom. The van der Waals surface area contributed by atoms with Crippen LogP contribution in [0.5, 0.6) is 0 Å². The van der Waals surface area contributed by atoms with E-state index in [1.807, 2.05) is 13.1 Å². The minimum Gasteiger partial charge on any atom is -0.450 e. The topological polar surface area (TPSA) is 81.7 Å². The number of hydrogen-bond acceptors (Lipinski definition) is 5. The lowest BCUT2D eigenvalue weighted by Crippen LogP contribution is -2.53. The molecule has 1 amide bonds. The van der Waals surface area contributed by atoms with Crippen LogP contribution in [0.3, 0.4) is 0 Å². The number of esters is 1. The van der Waals surface area contributed by atoms with Gasteiger partial charge in [-0.05, 0) is 18.1 Å². The maximum atomic E-state index is 11.8. The van der Waals surface area contributed by atoms with Gasteiger partial charge in [-0.2, -0.15) is 0 Å². The molecule has 1 aliphatic rings.